The summed E-state index contributed by atoms with van der Waals surface area (Å²) in [4.78, 5) is 6.99. The summed E-state index contributed by atoms with van der Waals surface area (Å²) in [5.41, 5.74) is -0.0113. The van der Waals surface area contributed by atoms with Crippen LogP contribution in [0.25, 0.3) is 0 Å². The number of alkyl halides is 3. The Morgan fingerprint density at radius 2 is 2.08 bits per heavy atom. The van der Waals surface area contributed by atoms with Crippen LogP contribution >= 0.6 is 35.3 Å². The van der Waals surface area contributed by atoms with Gasteiger partial charge < -0.3 is 10.6 Å². The van der Waals surface area contributed by atoms with Gasteiger partial charge in [-0.15, -0.1) is 35.3 Å². The molecule has 0 aromatic carbocycles. The van der Waals surface area contributed by atoms with E-state index in [0.717, 1.165) is 13.0 Å². The number of hydrogen-bond donors (Lipinski definition) is 2. The van der Waals surface area contributed by atoms with Crippen LogP contribution in [0.4, 0.5) is 13.2 Å². The maximum atomic E-state index is 12.4. The van der Waals surface area contributed by atoms with Crippen molar-refractivity contribution in [3.05, 3.63) is 22.4 Å². The molecule has 1 saturated heterocycles. The molecule has 1 aliphatic heterocycles. The predicted octanol–water partition coefficient (Wildman–Crippen LogP) is 3.69. The van der Waals surface area contributed by atoms with Gasteiger partial charge in [0.15, 0.2) is 5.96 Å². The first-order chi connectivity index (χ1) is 11.7. The van der Waals surface area contributed by atoms with Gasteiger partial charge in [0.05, 0.1) is 6.54 Å². The molecule has 0 amide bonds. The van der Waals surface area contributed by atoms with Crippen molar-refractivity contribution in [3.8, 4) is 0 Å². The Labute approximate surface area is 174 Å². The molecule has 1 aromatic heterocycles. The second kappa shape index (κ2) is 10.1. The van der Waals surface area contributed by atoms with E-state index in [1.807, 2.05) is 6.07 Å². The van der Waals surface area contributed by atoms with Gasteiger partial charge >= 0.3 is 6.18 Å². The van der Waals surface area contributed by atoms with Crippen LogP contribution in [-0.2, 0) is 5.41 Å². The SMILES string of the molecule is CN=C(NCC1CCN(CC(F)(F)F)C1)NCC(C)(C)c1cccs1.I. The molecule has 1 unspecified atom stereocenters. The van der Waals surface area contributed by atoms with E-state index in [2.05, 4.69) is 40.9 Å². The van der Waals surface area contributed by atoms with Gasteiger partial charge in [-0.25, -0.2) is 0 Å². The highest BCUT2D eigenvalue weighted by molar-refractivity contribution is 14.0. The fourth-order valence-electron chi connectivity index (χ4n) is 2.99. The molecule has 150 valence electrons. The minimum Gasteiger partial charge on any atom is -0.356 e. The van der Waals surface area contributed by atoms with Gasteiger partial charge in [0.25, 0.3) is 0 Å². The third-order valence-corrected chi connectivity index (χ3v) is 5.68. The Morgan fingerprint density at radius 1 is 1.35 bits per heavy atom. The Morgan fingerprint density at radius 3 is 2.65 bits per heavy atom. The van der Waals surface area contributed by atoms with Crippen molar-refractivity contribution in [1.29, 1.82) is 0 Å². The number of aliphatic imine (C=N–C) groups is 1. The number of halogens is 4. The maximum absolute atomic E-state index is 12.4. The number of nitrogens with zero attached hydrogens (tertiary/aromatic N) is 2. The average molecular weight is 504 g/mol. The van der Waals surface area contributed by atoms with Crippen molar-refractivity contribution in [2.75, 3.05) is 39.8 Å². The topological polar surface area (TPSA) is 39.7 Å². The number of likely N-dealkylation sites (tertiary alicyclic amines) is 1. The molecule has 1 aliphatic rings. The van der Waals surface area contributed by atoms with Gasteiger partial charge in [-0.2, -0.15) is 13.2 Å². The summed E-state index contributed by atoms with van der Waals surface area (Å²) >= 11 is 1.73. The second-order valence-electron chi connectivity index (χ2n) is 7.17. The summed E-state index contributed by atoms with van der Waals surface area (Å²) in [7, 11) is 1.71. The van der Waals surface area contributed by atoms with E-state index < -0.39 is 12.7 Å². The van der Waals surface area contributed by atoms with Gasteiger partial charge in [0.2, 0.25) is 0 Å². The van der Waals surface area contributed by atoms with E-state index in [4.69, 9.17) is 0 Å². The number of thiophene rings is 1. The highest BCUT2D eigenvalue weighted by atomic mass is 127. The molecule has 2 rings (SSSR count). The largest absolute Gasteiger partial charge is 0.401 e. The minimum absolute atomic E-state index is 0. The summed E-state index contributed by atoms with van der Waals surface area (Å²) < 4.78 is 37.3. The molecule has 1 aromatic rings. The summed E-state index contributed by atoms with van der Waals surface area (Å²) in [6.45, 7) is 5.88. The molecule has 0 aliphatic carbocycles. The number of hydrogen-bond acceptors (Lipinski definition) is 3. The van der Waals surface area contributed by atoms with E-state index in [-0.39, 0.29) is 35.3 Å². The molecule has 9 heteroatoms. The zero-order valence-electron chi connectivity index (χ0n) is 15.4. The van der Waals surface area contributed by atoms with Crippen molar-refractivity contribution in [2.45, 2.75) is 31.9 Å². The molecule has 2 heterocycles. The van der Waals surface area contributed by atoms with Crippen molar-refractivity contribution in [3.63, 3.8) is 0 Å². The fraction of sp³-hybridized carbons (Fsp3) is 0.706. The van der Waals surface area contributed by atoms with Crippen LogP contribution in [0, 0.1) is 5.92 Å². The molecule has 1 atom stereocenters. The third-order valence-electron chi connectivity index (χ3n) is 4.44. The third kappa shape index (κ3) is 7.59. The highest BCUT2D eigenvalue weighted by Gasteiger charge is 2.34. The average Bonchev–Trinajstić information content (AvgIpc) is 3.17. The fourth-order valence-corrected chi connectivity index (χ4v) is 3.85. The monoisotopic (exact) mass is 504 g/mol. The quantitative estimate of drug-likeness (QED) is 0.353. The summed E-state index contributed by atoms with van der Waals surface area (Å²) in [5.74, 6) is 0.908. The first-order valence-electron chi connectivity index (χ1n) is 8.47. The van der Waals surface area contributed by atoms with Crippen molar-refractivity contribution >= 4 is 41.3 Å². The first-order valence-corrected chi connectivity index (χ1v) is 9.35. The molecular formula is C17H28F3IN4S. The summed E-state index contributed by atoms with van der Waals surface area (Å²) in [5, 5.41) is 8.64. The van der Waals surface area contributed by atoms with Crippen molar-refractivity contribution < 1.29 is 13.2 Å². The summed E-state index contributed by atoms with van der Waals surface area (Å²) in [6.07, 6.45) is -3.34. The van der Waals surface area contributed by atoms with Gasteiger partial charge in [0, 0.05) is 37.0 Å². The molecule has 0 saturated carbocycles. The molecular weight excluding hydrogens is 476 g/mol. The van der Waals surface area contributed by atoms with E-state index >= 15 is 0 Å². The molecule has 0 bridgehead atoms. The lowest BCUT2D eigenvalue weighted by Crippen LogP contribution is -2.45. The van der Waals surface area contributed by atoms with E-state index in [9.17, 15) is 13.2 Å². The van der Waals surface area contributed by atoms with Gasteiger partial charge in [-0.1, -0.05) is 19.9 Å². The second-order valence-corrected chi connectivity index (χ2v) is 8.12. The zero-order valence-corrected chi connectivity index (χ0v) is 18.5. The van der Waals surface area contributed by atoms with E-state index in [0.29, 0.717) is 25.6 Å². The lowest BCUT2D eigenvalue weighted by molar-refractivity contribution is -0.143. The van der Waals surface area contributed by atoms with Crippen molar-refractivity contribution in [1.82, 2.24) is 15.5 Å². The molecule has 26 heavy (non-hydrogen) atoms. The van der Waals surface area contributed by atoms with Gasteiger partial charge in [-0.05, 0) is 30.3 Å². The molecule has 0 spiro atoms. The van der Waals surface area contributed by atoms with Gasteiger partial charge in [0.1, 0.15) is 0 Å². The highest BCUT2D eigenvalue weighted by Crippen LogP contribution is 2.26. The summed E-state index contributed by atoms with van der Waals surface area (Å²) in [6, 6.07) is 4.16. The predicted molar refractivity (Wildman–Crippen MR) is 113 cm³/mol. The lowest BCUT2D eigenvalue weighted by Gasteiger charge is -2.25. The van der Waals surface area contributed by atoms with Crippen LogP contribution < -0.4 is 10.6 Å². The first kappa shape index (κ1) is 23.5. The zero-order chi connectivity index (χ0) is 18.5. The number of rotatable bonds is 6. The van der Waals surface area contributed by atoms with Crippen LogP contribution in [0.5, 0.6) is 0 Å². The smallest absolute Gasteiger partial charge is 0.356 e. The van der Waals surface area contributed by atoms with Crippen LogP contribution in [0.15, 0.2) is 22.5 Å². The molecule has 2 N–H and O–H groups in total. The van der Waals surface area contributed by atoms with Crippen LogP contribution in [-0.4, -0.2) is 56.8 Å². The van der Waals surface area contributed by atoms with E-state index in [1.165, 1.54) is 9.78 Å². The van der Waals surface area contributed by atoms with Crippen LogP contribution in [0.3, 0.4) is 0 Å². The molecule has 1 fully saturated rings. The van der Waals surface area contributed by atoms with Gasteiger partial charge in [-0.3, -0.25) is 9.89 Å². The maximum Gasteiger partial charge on any atom is 0.401 e. The Kier molecular flexibility index (Phi) is 9.14. The molecule has 4 nitrogen and oxygen atoms in total. The standard InChI is InChI=1S/C17H27F3N4S.HI/c1-16(2,14-5-4-8-25-14)11-23-15(21-3)22-9-13-6-7-24(10-13)12-17(18,19)20;/h4-5,8,13H,6-7,9-12H2,1-3H3,(H2,21,22,23);1H. The Hall–Kier alpha value is -0.550. The van der Waals surface area contributed by atoms with Crippen LogP contribution in [0.1, 0.15) is 25.1 Å². The Bertz CT molecular complexity index is 561. The van der Waals surface area contributed by atoms with Crippen molar-refractivity contribution in [2.24, 2.45) is 10.9 Å². The number of nitrogens with one attached hydrogen (secondary N) is 2. The number of guanidine groups is 1. The minimum atomic E-state index is -4.12. The normalized spacial score (nSPS) is 19.3. The lowest BCUT2D eigenvalue weighted by atomic mass is 9.91. The van der Waals surface area contributed by atoms with E-state index in [1.54, 1.807) is 18.4 Å². The Balaban J connectivity index is 0.00000338. The molecule has 0 radical (unpaired) electrons. The van der Waals surface area contributed by atoms with Crippen LogP contribution in [0.2, 0.25) is 0 Å².